The van der Waals surface area contributed by atoms with E-state index in [-0.39, 0.29) is 21.7 Å². The monoisotopic (exact) mass is 1940 g/mol. The molecule has 0 unspecified atom stereocenters. The first kappa shape index (κ1) is 111. The maximum atomic E-state index is 2.46. The zero-order chi connectivity index (χ0) is 107. The van der Waals surface area contributed by atoms with E-state index in [1.54, 1.807) is 0 Å². The second kappa shape index (κ2) is 48.4. The van der Waals surface area contributed by atoms with Gasteiger partial charge in [0.25, 0.3) is 0 Å². The van der Waals surface area contributed by atoms with Crippen LogP contribution in [0, 0.1) is 0 Å². The van der Waals surface area contributed by atoms with Gasteiger partial charge in [-0.05, 0) is 334 Å². The predicted octanol–water partition coefficient (Wildman–Crippen LogP) is 46.7. The van der Waals surface area contributed by atoms with Gasteiger partial charge in [0.05, 0.1) is 0 Å². The summed E-state index contributed by atoms with van der Waals surface area (Å²) in [6.07, 6.45) is 0. The molecule has 0 heteroatoms. The van der Waals surface area contributed by atoms with Gasteiger partial charge in [-0.25, -0.2) is 0 Å². The van der Waals surface area contributed by atoms with Crippen LogP contribution in [0.25, 0.3) is 217 Å². The Morgan fingerprint density at radius 3 is 0.723 bits per heavy atom. The molecule has 0 saturated carbocycles. The van der Waals surface area contributed by atoms with Crippen molar-refractivity contribution in [3.05, 3.63) is 433 Å². The highest BCUT2D eigenvalue weighted by Crippen LogP contribution is 2.60. The molecule has 148 heavy (non-hydrogen) atoms. The molecule has 0 aliphatic heterocycles. The predicted molar refractivity (Wildman–Crippen MR) is 672 cm³/mol. The Kier molecular flexibility index (Phi) is 36.2. The van der Waals surface area contributed by atoms with E-state index in [0.717, 1.165) is 0 Å². The first-order valence-corrected chi connectivity index (χ1v) is 56.2. The summed E-state index contributed by atoms with van der Waals surface area (Å²) in [7, 11) is 0. The Morgan fingerprint density at radius 2 is 0.338 bits per heavy atom. The van der Waals surface area contributed by atoms with E-state index < -0.39 is 0 Å². The van der Waals surface area contributed by atoms with Gasteiger partial charge >= 0.3 is 0 Å². The first-order chi connectivity index (χ1) is 72.5. The smallest absolute Gasteiger partial charge is 0.0171 e. The van der Waals surface area contributed by atoms with Gasteiger partial charge in [-0.3, -0.25) is 0 Å². The van der Waals surface area contributed by atoms with Gasteiger partial charge in [-0.2, -0.15) is 0 Å². The number of rotatable bonds is 0. The van der Waals surface area contributed by atoms with E-state index in [1.807, 2.05) is 166 Å². The Bertz CT molecular complexity index is 8770. The molecule has 0 saturated heterocycles. The molecule has 4 aliphatic carbocycles. The summed E-state index contributed by atoms with van der Waals surface area (Å²) in [6.45, 7) is 67.2. The van der Waals surface area contributed by atoms with Crippen molar-refractivity contribution in [3.8, 4) is 44.5 Å². The lowest BCUT2D eigenvalue weighted by atomic mass is 9.78. The summed E-state index contributed by atoms with van der Waals surface area (Å²) >= 11 is 0. The first-order valence-electron chi connectivity index (χ1n) is 56.2. The van der Waals surface area contributed by atoms with E-state index in [1.165, 1.54) is 261 Å². The Balaban J connectivity index is 0.000000154. The largest absolute Gasteiger partial charge is 0.0683 e. The zero-order valence-electron chi connectivity index (χ0n) is 95.0. The highest BCUT2D eigenvalue weighted by molar-refractivity contribution is 6.21. The summed E-state index contributed by atoms with van der Waals surface area (Å²) in [5.41, 5.74) is 22.6. The SMILES string of the molecule is CC.CC.CC.CC.CC.CC.CC.CC.CC.CC.CC.CC.CC1(C)c2c(ccc3cc4ccccc4cc23)-c2ccc3c(ccc4ccccc43)c21.CC1(C)c2cc3c(ccc4ccccc43)cc2-c2ccc3cc4ccccc4cc3c21.CC1(C)c2cc3ccc4ccccc4c3cc2-c2ccc3cc4ccccc4cc3c21.CC1(C)c2ccc3ccc4ccccc4c3c2-c2ccc3cc4ccccc4cc3c21. The minimum absolute atomic E-state index is 0.0352. The lowest BCUT2D eigenvalue weighted by molar-refractivity contribution is 0.666. The van der Waals surface area contributed by atoms with Crippen LogP contribution in [-0.4, -0.2) is 0 Å². The van der Waals surface area contributed by atoms with E-state index in [0.29, 0.717) is 0 Å². The molecule has 752 valence electrons. The molecule has 4 aliphatic rings. The molecule has 0 nitrogen and oxygen atoms in total. The maximum absolute atomic E-state index is 2.46. The van der Waals surface area contributed by atoms with Crippen molar-refractivity contribution in [3.63, 3.8) is 0 Å². The highest BCUT2D eigenvalue weighted by Gasteiger charge is 2.43. The van der Waals surface area contributed by atoms with Crippen molar-refractivity contribution in [2.24, 2.45) is 0 Å². The van der Waals surface area contributed by atoms with Gasteiger partial charge in [-0.1, -0.05) is 537 Å². The minimum Gasteiger partial charge on any atom is -0.0683 e. The van der Waals surface area contributed by atoms with Crippen LogP contribution < -0.4 is 0 Å². The van der Waals surface area contributed by atoms with Crippen LogP contribution in [0.5, 0.6) is 0 Å². The molecule has 0 radical (unpaired) electrons. The van der Waals surface area contributed by atoms with Gasteiger partial charge in [0.15, 0.2) is 0 Å². The van der Waals surface area contributed by atoms with Gasteiger partial charge in [0.2, 0.25) is 0 Å². The Labute approximate surface area is 886 Å². The van der Waals surface area contributed by atoms with E-state index in [4.69, 9.17) is 0 Å². The quantitative estimate of drug-likeness (QED) is 0.105. The van der Waals surface area contributed by atoms with Crippen LogP contribution in [0.1, 0.15) is 266 Å². The Morgan fingerprint density at radius 1 is 0.115 bits per heavy atom. The summed E-state index contributed by atoms with van der Waals surface area (Å²) in [5, 5.41) is 42.7. The molecule has 28 rings (SSSR count). The summed E-state index contributed by atoms with van der Waals surface area (Å²) in [6, 6.07) is 145. The van der Waals surface area contributed by atoms with Crippen molar-refractivity contribution >= 4 is 172 Å². The van der Waals surface area contributed by atoms with Crippen molar-refractivity contribution in [2.45, 2.75) is 243 Å². The number of benzene rings is 24. The van der Waals surface area contributed by atoms with Crippen LogP contribution in [0.4, 0.5) is 0 Å². The molecule has 0 spiro atoms. The third-order valence-corrected chi connectivity index (χ3v) is 29.4. The van der Waals surface area contributed by atoms with Crippen LogP contribution in [0.2, 0.25) is 0 Å². The fraction of sp³-hybridized carbons (Fsp3) is 0.243. The van der Waals surface area contributed by atoms with Crippen LogP contribution >= 0.6 is 0 Å². The molecule has 24 aromatic carbocycles. The fourth-order valence-electron chi connectivity index (χ4n) is 23.6. The Hall–Kier alpha value is -14.6. The summed E-state index contributed by atoms with van der Waals surface area (Å²) in [5.74, 6) is 0. The van der Waals surface area contributed by atoms with E-state index in [2.05, 4.69) is 444 Å². The molecule has 24 aromatic rings. The fourth-order valence-corrected chi connectivity index (χ4v) is 23.6. The average molecular weight is 1940 g/mol. The second-order valence-corrected chi connectivity index (χ2v) is 37.7. The van der Waals surface area contributed by atoms with Crippen LogP contribution in [-0.2, 0) is 21.7 Å². The third-order valence-electron chi connectivity index (χ3n) is 29.4. The lowest BCUT2D eigenvalue weighted by Crippen LogP contribution is -2.16. The zero-order valence-corrected chi connectivity index (χ0v) is 95.0. The molecule has 0 amide bonds. The van der Waals surface area contributed by atoms with Crippen LogP contribution in [0.15, 0.2) is 388 Å². The summed E-state index contributed by atoms with van der Waals surface area (Å²) < 4.78 is 0. The maximum Gasteiger partial charge on any atom is 0.0171 e. The van der Waals surface area contributed by atoms with E-state index in [9.17, 15) is 0 Å². The van der Waals surface area contributed by atoms with Gasteiger partial charge < -0.3 is 0 Å². The number of hydrogen-bond acceptors (Lipinski definition) is 0. The van der Waals surface area contributed by atoms with Gasteiger partial charge in [-0.15, -0.1) is 0 Å². The van der Waals surface area contributed by atoms with Crippen molar-refractivity contribution in [1.29, 1.82) is 0 Å². The molecule has 0 heterocycles. The summed E-state index contributed by atoms with van der Waals surface area (Å²) in [4.78, 5) is 0. The molecule has 0 atom stereocenters. The topological polar surface area (TPSA) is 0 Å². The highest BCUT2D eigenvalue weighted by atomic mass is 14.5. The standard InChI is InChI=1S/4C31H22.12C2H6/c1-31(2)29-25-13-11-19-7-5-6-10-23(19)24(25)15-16-27(29)26-14-12-22-17-20-8-3-4-9-21(20)18-28(22)30(26)31;1-31(2)27-16-14-20-12-11-19-7-5-6-10-24(19)28(20)29(27)25-15-13-23-17-21-8-3-4-9-22(21)18-26(23)30(25)31;1-31(2)29-17-23-12-11-19-7-5-6-10-24(19)26(23)18-28(29)25-14-13-22-15-20-8-3-4-9-21(20)16-27(22)30(25)31;1-31(2)29-18-26-23(12-11-19-7-5-6-10-24(19)26)17-28(29)25-14-13-22-15-20-8-3-4-9-21(20)16-27(22)30(25)31;12*1-2/h4*3-18H,1-2H3;12*1-2H3. The van der Waals surface area contributed by atoms with E-state index >= 15 is 0 Å². The van der Waals surface area contributed by atoms with Crippen molar-refractivity contribution < 1.29 is 0 Å². The molecule has 0 bridgehead atoms. The van der Waals surface area contributed by atoms with Gasteiger partial charge in [0.1, 0.15) is 0 Å². The number of hydrogen-bond donors (Lipinski definition) is 0. The third kappa shape index (κ3) is 19.4. The second-order valence-electron chi connectivity index (χ2n) is 37.7. The number of fused-ring (bicyclic) bond motifs is 38. The molecular weight excluding hydrogens is 1780 g/mol. The minimum atomic E-state index is -0.0609. The average Bonchev–Trinajstić information content (AvgIpc) is 1.54. The van der Waals surface area contributed by atoms with Crippen molar-refractivity contribution in [1.82, 2.24) is 0 Å². The molecule has 0 fully saturated rings. The lowest BCUT2D eigenvalue weighted by Gasteiger charge is -2.25. The molecular formula is C148H160. The van der Waals surface area contributed by atoms with Gasteiger partial charge in [0, 0.05) is 21.7 Å². The van der Waals surface area contributed by atoms with Crippen LogP contribution in [0.3, 0.4) is 0 Å². The molecule has 0 aromatic heterocycles. The van der Waals surface area contributed by atoms with Crippen molar-refractivity contribution in [2.75, 3.05) is 0 Å². The molecule has 0 N–H and O–H groups in total. The normalized spacial score (nSPS) is 12.5.